The highest BCUT2D eigenvalue weighted by Gasteiger charge is 2.34. The van der Waals surface area contributed by atoms with Crippen LogP contribution in [0.1, 0.15) is 17.9 Å². The second-order valence-corrected chi connectivity index (χ2v) is 6.00. The molecule has 0 amide bonds. The summed E-state index contributed by atoms with van der Waals surface area (Å²) in [5.74, 6) is 2.14. The van der Waals surface area contributed by atoms with Crippen molar-refractivity contribution in [2.24, 2.45) is 0 Å². The molecule has 2 unspecified atom stereocenters. The molecule has 102 valence electrons. The highest BCUT2D eigenvalue weighted by atomic mass is 32.2. The number of ether oxygens (including phenoxy) is 1. The molecule has 1 aromatic rings. The molecule has 4 nitrogen and oxygen atoms in total. The fourth-order valence-electron chi connectivity index (χ4n) is 2.77. The molecule has 0 spiro atoms. The summed E-state index contributed by atoms with van der Waals surface area (Å²) in [5.41, 5.74) is 1.22. The van der Waals surface area contributed by atoms with E-state index in [0.717, 1.165) is 31.2 Å². The molecular weight excluding hydrogens is 262 g/mol. The largest absolute Gasteiger partial charge is 0.493 e. The number of benzene rings is 1. The highest BCUT2D eigenvalue weighted by Crippen LogP contribution is 2.35. The maximum Gasteiger partial charge on any atom is 0.321 e. The average molecular weight is 279 g/mol. The number of hydrogen-bond donors (Lipinski definition) is 1. The minimum absolute atomic E-state index is 0.333. The van der Waals surface area contributed by atoms with Crippen LogP contribution in [0.4, 0.5) is 0 Å². The van der Waals surface area contributed by atoms with Crippen molar-refractivity contribution in [2.45, 2.75) is 18.4 Å². The molecular formula is C14H17NO3S. The molecule has 0 aliphatic carbocycles. The maximum absolute atomic E-state index is 11.2. The Labute approximate surface area is 116 Å². The zero-order valence-electron chi connectivity index (χ0n) is 10.6. The Bertz CT molecular complexity index is 480. The molecule has 2 aliphatic heterocycles. The predicted molar refractivity (Wildman–Crippen MR) is 74.7 cm³/mol. The van der Waals surface area contributed by atoms with Gasteiger partial charge in [-0.2, -0.15) is 0 Å². The number of fused-ring (bicyclic) bond motifs is 1. The summed E-state index contributed by atoms with van der Waals surface area (Å²) in [5, 5.41) is 9.23. The molecule has 1 aromatic carbocycles. The van der Waals surface area contributed by atoms with Gasteiger partial charge in [0.15, 0.2) is 0 Å². The quantitative estimate of drug-likeness (QED) is 0.917. The van der Waals surface area contributed by atoms with Gasteiger partial charge in [0.1, 0.15) is 11.8 Å². The van der Waals surface area contributed by atoms with E-state index in [4.69, 9.17) is 4.74 Å². The van der Waals surface area contributed by atoms with Crippen molar-refractivity contribution in [1.29, 1.82) is 0 Å². The molecule has 3 rings (SSSR count). The van der Waals surface area contributed by atoms with E-state index in [1.807, 2.05) is 18.2 Å². The Balaban J connectivity index is 1.76. The van der Waals surface area contributed by atoms with Crippen LogP contribution in [0.15, 0.2) is 24.3 Å². The summed E-state index contributed by atoms with van der Waals surface area (Å²) in [6.45, 7) is 1.53. The van der Waals surface area contributed by atoms with Gasteiger partial charge in [-0.25, -0.2) is 0 Å². The summed E-state index contributed by atoms with van der Waals surface area (Å²) in [4.78, 5) is 13.3. The smallest absolute Gasteiger partial charge is 0.321 e. The van der Waals surface area contributed by atoms with Gasteiger partial charge in [-0.05, 0) is 18.1 Å². The van der Waals surface area contributed by atoms with Gasteiger partial charge in [-0.15, -0.1) is 11.8 Å². The summed E-state index contributed by atoms with van der Waals surface area (Å²) >= 11 is 1.70. The SMILES string of the molecule is O=C(O)C1CSCN1CC1CCOc2ccccc21. The Morgan fingerprint density at radius 3 is 3.16 bits per heavy atom. The molecule has 1 N–H and O–H groups in total. The summed E-state index contributed by atoms with van der Waals surface area (Å²) < 4.78 is 5.65. The molecule has 1 saturated heterocycles. The average Bonchev–Trinajstić information content (AvgIpc) is 2.87. The lowest BCUT2D eigenvalue weighted by atomic mass is 9.92. The normalized spacial score (nSPS) is 26.7. The maximum atomic E-state index is 11.2. The lowest BCUT2D eigenvalue weighted by Crippen LogP contribution is -2.40. The summed E-state index contributed by atoms with van der Waals surface area (Å²) in [6, 6.07) is 7.76. The van der Waals surface area contributed by atoms with Gasteiger partial charge in [-0.1, -0.05) is 18.2 Å². The van der Waals surface area contributed by atoms with Crippen LogP contribution in [0.2, 0.25) is 0 Å². The van der Waals surface area contributed by atoms with E-state index >= 15 is 0 Å². The van der Waals surface area contributed by atoms with E-state index in [1.54, 1.807) is 11.8 Å². The second-order valence-electron chi connectivity index (χ2n) is 5.00. The monoisotopic (exact) mass is 279 g/mol. The number of carboxylic acid groups (broad SMARTS) is 1. The van der Waals surface area contributed by atoms with Crippen LogP contribution in [0.3, 0.4) is 0 Å². The van der Waals surface area contributed by atoms with Crippen LogP contribution in [0.25, 0.3) is 0 Å². The first-order chi connectivity index (χ1) is 9.25. The third kappa shape index (κ3) is 2.58. The third-order valence-electron chi connectivity index (χ3n) is 3.80. The number of thioether (sulfide) groups is 1. The number of nitrogens with zero attached hydrogens (tertiary/aromatic N) is 1. The number of carboxylic acids is 1. The van der Waals surface area contributed by atoms with E-state index in [9.17, 15) is 9.90 Å². The lowest BCUT2D eigenvalue weighted by Gasteiger charge is -2.30. The molecule has 0 bridgehead atoms. The van der Waals surface area contributed by atoms with E-state index in [1.165, 1.54) is 5.56 Å². The number of aliphatic carboxylic acids is 1. The Kier molecular flexibility index (Phi) is 3.66. The van der Waals surface area contributed by atoms with Crippen LogP contribution in [0, 0.1) is 0 Å². The highest BCUT2D eigenvalue weighted by molar-refractivity contribution is 7.99. The van der Waals surface area contributed by atoms with E-state index < -0.39 is 5.97 Å². The van der Waals surface area contributed by atoms with Gasteiger partial charge in [-0.3, -0.25) is 9.69 Å². The van der Waals surface area contributed by atoms with Crippen molar-refractivity contribution in [2.75, 3.05) is 24.8 Å². The topological polar surface area (TPSA) is 49.8 Å². The van der Waals surface area contributed by atoms with Gasteiger partial charge >= 0.3 is 5.97 Å². The fourth-order valence-corrected chi connectivity index (χ4v) is 3.97. The van der Waals surface area contributed by atoms with Gasteiger partial charge < -0.3 is 9.84 Å². The van der Waals surface area contributed by atoms with Gasteiger partial charge in [0.05, 0.1) is 6.61 Å². The Morgan fingerprint density at radius 2 is 2.32 bits per heavy atom. The van der Waals surface area contributed by atoms with Crippen molar-refractivity contribution in [1.82, 2.24) is 4.90 Å². The molecule has 2 heterocycles. The standard InChI is InChI=1S/C14H17NO3S/c16-14(17)12-8-19-9-15(12)7-10-5-6-18-13-4-2-1-3-11(10)13/h1-4,10,12H,5-9H2,(H,16,17). The first-order valence-electron chi connectivity index (χ1n) is 6.52. The van der Waals surface area contributed by atoms with Crippen molar-refractivity contribution in [3.05, 3.63) is 29.8 Å². The van der Waals surface area contributed by atoms with Crippen molar-refractivity contribution < 1.29 is 14.6 Å². The fraction of sp³-hybridized carbons (Fsp3) is 0.500. The molecule has 0 radical (unpaired) electrons. The minimum Gasteiger partial charge on any atom is -0.493 e. The number of carbonyl (C=O) groups is 1. The number of hydrogen-bond acceptors (Lipinski definition) is 4. The Hall–Kier alpha value is -1.20. The zero-order valence-corrected chi connectivity index (χ0v) is 11.4. The van der Waals surface area contributed by atoms with Crippen LogP contribution < -0.4 is 4.74 Å². The molecule has 5 heteroatoms. The predicted octanol–water partition coefficient (Wildman–Crippen LogP) is 2.01. The van der Waals surface area contributed by atoms with Gasteiger partial charge in [0.2, 0.25) is 0 Å². The van der Waals surface area contributed by atoms with Gasteiger partial charge in [0, 0.05) is 24.1 Å². The summed E-state index contributed by atoms with van der Waals surface area (Å²) in [6.07, 6.45) is 0.963. The van der Waals surface area contributed by atoms with E-state index in [-0.39, 0.29) is 6.04 Å². The first kappa shape index (κ1) is 12.8. The lowest BCUT2D eigenvalue weighted by molar-refractivity contribution is -0.141. The number of rotatable bonds is 3. The van der Waals surface area contributed by atoms with Crippen molar-refractivity contribution >= 4 is 17.7 Å². The van der Waals surface area contributed by atoms with Crippen molar-refractivity contribution in [3.63, 3.8) is 0 Å². The zero-order chi connectivity index (χ0) is 13.2. The third-order valence-corrected chi connectivity index (χ3v) is 4.86. The molecule has 1 fully saturated rings. The second kappa shape index (κ2) is 5.43. The molecule has 19 heavy (non-hydrogen) atoms. The summed E-state index contributed by atoms with van der Waals surface area (Å²) in [7, 11) is 0. The van der Waals surface area contributed by atoms with Crippen LogP contribution in [-0.2, 0) is 4.79 Å². The van der Waals surface area contributed by atoms with Crippen molar-refractivity contribution in [3.8, 4) is 5.75 Å². The molecule has 0 saturated carbocycles. The number of para-hydroxylation sites is 1. The van der Waals surface area contributed by atoms with Crippen LogP contribution in [0.5, 0.6) is 5.75 Å². The van der Waals surface area contributed by atoms with Gasteiger partial charge in [0.25, 0.3) is 0 Å². The minimum atomic E-state index is -0.703. The molecule has 0 aromatic heterocycles. The first-order valence-corrected chi connectivity index (χ1v) is 7.67. The Morgan fingerprint density at radius 1 is 1.47 bits per heavy atom. The molecule has 2 aliphatic rings. The van der Waals surface area contributed by atoms with E-state index in [0.29, 0.717) is 11.7 Å². The van der Waals surface area contributed by atoms with Crippen LogP contribution >= 0.6 is 11.8 Å². The molecule has 2 atom stereocenters. The van der Waals surface area contributed by atoms with E-state index in [2.05, 4.69) is 11.0 Å². The van der Waals surface area contributed by atoms with Crippen LogP contribution in [-0.4, -0.2) is 46.8 Å².